The molecule has 2 aromatic carbocycles. The van der Waals surface area contributed by atoms with Crippen LogP contribution in [0.3, 0.4) is 0 Å². The van der Waals surface area contributed by atoms with Crippen LogP contribution < -0.4 is 10.1 Å². The normalized spacial score (nSPS) is 14.8. The Labute approximate surface area is 184 Å². The van der Waals surface area contributed by atoms with Gasteiger partial charge in [0, 0.05) is 32.6 Å². The van der Waals surface area contributed by atoms with E-state index in [2.05, 4.69) is 10.2 Å². The fraction of sp³-hybridized carbons (Fsp3) is 0.435. The number of nitrogens with one attached hydrogen (secondary N) is 1. The van der Waals surface area contributed by atoms with Gasteiger partial charge in [-0.3, -0.25) is 9.69 Å². The minimum atomic E-state index is -3.32. The van der Waals surface area contributed by atoms with Crippen molar-refractivity contribution < 1.29 is 22.7 Å². The Kier molecular flexibility index (Phi) is 8.87. The molecule has 0 aliphatic carbocycles. The lowest BCUT2D eigenvalue weighted by Crippen LogP contribution is -2.41. The third kappa shape index (κ3) is 8.69. The molecule has 0 aromatic heterocycles. The maximum absolute atomic E-state index is 12.5. The van der Waals surface area contributed by atoms with E-state index in [4.69, 9.17) is 9.47 Å². The maximum atomic E-state index is 12.5. The predicted molar refractivity (Wildman–Crippen MR) is 120 cm³/mol. The van der Waals surface area contributed by atoms with Gasteiger partial charge in [0.25, 0.3) is 0 Å². The van der Waals surface area contributed by atoms with Crippen LogP contribution in [0.25, 0.3) is 0 Å². The molecule has 1 heterocycles. The largest absolute Gasteiger partial charge is 0.457 e. The fourth-order valence-electron chi connectivity index (χ4n) is 3.37. The molecule has 1 N–H and O–H groups in total. The van der Waals surface area contributed by atoms with E-state index in [1.807, 2.05) is 30.3 Å². The Morgan fingerprint density at radius 2 is 1.77 bits per heavy atom. The van der Waals surface area contributed by atoms with Crippen molar-refractivity contribution in [1.29, 1.82) is 0 Å². The lowest BCUT2D eigenvalue weighted by molar-refractivity contribution is -0.121. The van der Waals surface area contributed by atoms with E-state index in [9.17, 15) is 13.2 Å². The highest BCUT2D eigenvalue weighted by molar-refractivity contribution is 7.90. The van der Waals surface area contributed by atoms with E-state index in [0.717, 1.165) is 32.8 Å². The zero-order chi connectivity index (χ0) is 21.9. The molecule has 0 atom stereocenters. The highest BCUT2D eigenvalue weighted by atomic mass is 32.2. The van der Waals surface area contributed by atoms with Gasteiger partial charge in [-0.15, -0.1) is 0 Å². The summed E-state index contributed by atoms with van der Waals surface area (Å²) in [6.45, 7) is 4.58. The smallest absolute Gasteiger partial charge is 0.220 e. The molecule has 1 fully saturated rings. The minimum Gasteiger partial charge on any atom is -0.457 e. The number of nitrogens with zero attached hydrogens (tertiary/aromatic N) is 1. The molecular formula is C23H30N2O5S. The van der Waals surface area contributed by atoms with Crippen molar-refractivity contribution in [2.24, 2.45) is 0 Å². The first-order valence-electron chi connectivity index (χ1n) is 10.6. The number of para-hydroxylation sites is 1. The second-order valence-electron chi connectivity index (χ2n) is 7.56. The van der Waals surface area contributed by atoms with Gasteiger partial charge in [-0.1, -0.05) is 30.3 Å². The Bertz CT molecular complexity index is 928. The van der Waals surface area contributed by atoms with Gasteiger partial charge in [0.2, 0.25) is 5.91 Å². The van der Waals surface area contributed by atoms with Gasteiger partial charge in [0.15, 0.2) is 9.84 Å². The second-order valence-corrected chi connectivity index (χ2v) is 9.75. The Balaban J connectivity index is 1.38. The molecule has 2 aromatic rings. The van der Waals surface area contributed by atoms with Gasteiger partial charge < -0.3 is 14.8 Å². The van der Waals surface area contributed by atoms with Gasteiger partial charge in [-0.25, -0.2) is 8.42 Å². The summed E-state index contributed by atoms with van der Waals surface area (Å²) in [5.41, 5.74) is 0.670. The van der Waals surface area contributed by atoms with Crippen molar-refractivity contribution in [3.05, 3.63) is 60.2 Å². The molecule has 1 aliphatic heterocycles. The Morgan fingerprint density at radius 3 is 2.55 bits per heavy atom. The molecule has 0 saturated carbocycles. The first kappa shape index (κ1) is 23.2. The highest BCUT2D eigenvalue weighted by Gasteiger charge is 2.14. The topological polar surface area (TPSA) is 84.9 Å². The van der Waals surface area contributed by atoms with Crippen molar-refractivity contribution in [1.82, 2.24) is 10.2 Å². The highest BCUT2D eigenvalue weighted by Crippen LogP contribution is 2.22. The van der Waals surface area contributed by atoms with E-state index in [1.54, 1.807) is 24.3 Å². The van der Waals surface area contributed by atoms with Crippen molar-refractivity contribution in [3.8, 4) is 11.5 Å². The van der Waals surface area contributed by atoms with Gasteiger partial charge in [-0.05, 0) is 36.2 Å². The summed E-state index contributed by atoms with van der Waals surface area (Å²) in [6, 6.07) is 16.4. The SMILES string of the molecule is O=C(CCCS(=O)(=O)Cc1cccc(Oc2ccccc2)c1)NCCN1CCOCC1. The molecule has 31 heavy (non-hydrogen) atoms. The lowest BCUT2D eigenvalue weighted by atomic mass is 10.2. The second kappa shape index (κ2) is 11.8. The zero-order valence-corrected chi connectivity index (χ0v) is 18.5. The number of sulfone groups is 1. The summed E-state index contributed by atoms with van der Waals surface area (Å²) in [6.07, 6.45) is 0.519. The number of morpholine rings is 1. The van der Waals surface area contributed by atoms with Crippen LogP contribution in [0.1, 0.15) is 18.4 Å². The number of rotatable bonds is 11. The van der Waals surface area contributed by atoms with Crippen LogP contribution >= 0.6 is 0 Å². The lowest BCUT2D eigenvalue weighted by Gasteiger charge is -2.26. The number of amides is 1. The average Bonchev–Trinajstić information content (AvgIpc) is 2.75. The van der Waals surface area contributed by atoms with Crippen LogP contribution in [-0.4, -0.2) is 64.4 Å². The van der Waals surface area contributed by atoms with Crippen LogP contribution in [-0.2, 0) is 25.1 Å². The molecule has 7 nitrogen and oxygen atoms in total. The third-order valence-corrected chi connectivity index (χ3v) is 6.66. The molecule has 0 spiro atoms. The molecule has 3 rings (SSSR count). The van der Waals surface area contributed by atoms with Gasteiger partial charge in [-0.2, -0.15) is 0 Å². The minimum absolute atomic E-state index is 0.0202. The molecule has 8 heteroatoms. The number of carbonyl (C=O) groups is 1. The van der Waals surface area contributed by atoms with Crippen molar-refractivity contribution in [3.63, 3.8) is 0 Å². The van der Waals surface area contributed by atoms with E-state index in [-0.39, 0.29) is 23.8 Å². The summed E-state index contributed by atoms with van der Waals surface area (Å²) in [7, 11) is -3.32. The Morgan fingerprint density at radius 1 is 1.03 bits per heavy atom. The average molecular weight is 447 g/mol. The first-order valence-corrected chi connectivity index (χ1v) is 12.4. The van der Waals surface area contributed by atoms with Gasteiger partial charge in [0.05, 0.1) is 24.7 Å². The predicted octanol–water partition coefficient (Wildman–Crippen LogP) is 2.62. The van der Waals surface area contributed by atoms with Crippen LogP contribution in [0.4, 0.5) is 0 Å². The molecule has 1 saturated heterocycles. The zero-order valence-electron chi connectivity index (χ0n) is 17.7. The summed E-state index contributed by atoms with van der Waals surface area (Å²) in [5.74, 6) is 1.09. The molecule has 0 unspecified atom stereocenters. The van der Waals surface area contributed by atoms with Crippen molar-refractivity contribution in [2.45, 2.75) is 18.6 Å². The third-order valence-electron chi connectivity index (χ3n) is 4.98. The number of benzene rings is 2. The molecule has 0 bridgehead atoms. The van der Waals surface area contributed by atoms with E-state index < -0.39 is 9.84 Å². The first-order chi connectivity index (χ1) is 15.0. The molecule has 0 radical (unpaired) electrons. The number of ether oxygens (including phenoxy) is 2. The Hall–Kier alpha value is -2.42. The van der Waals surface area contributed by atoms with Crippen LogP contribution in [0.15, 0.2) is 54.6 Å². The number of carbonyl (C=O) groups excluding carboxylic acids is 1. The van der Waals surface area contributed by atoms with E-state index >= 15 is 0 Å². The summed E-state index contributed by atoms with van der Waals surface area (Å²) >= 11 is 0. The number of hydrogen-bond donors (Lipinski definition) is 1. The summed E-state index contributed by atoms with van der Waals surface area (Å²) in [4.78, 5) is 14.2. The quantitative estimate of drug-likeness (QED) is 0.571. The monoisotopic (exact) mass is 446 g/mol. The summed E-state index contributed by atoms with van der Waals surface area (Å²) < 4.78 is 36.0. The van der Waals surface area contributed by atoms with E-state index in [1.165, 1.54) is 0 Å². The van der Waals surface area contributed by atoms with Crippen LogP contribution in [0.5, 0.6) is 11.5 Å². The number of hydrogen-bond acceptors (Lipinski definition) is 6. The van der Waals surface area contributed by atoms with E-state index in [0.29, 0.717) is 30.0 Å². The molecule has 168 valence electrons. The molecule has 1 amide bonds. The fourth-order valence-corrected chi connectivity index (χ4v) is 4.78. The standard InChI is InChI=1S/C23H30N2O5S/c26-23(24-11-12-25-13-15-29-16-14-25)10-5-17-31(27,28)19-20-6-4-9-22(18-20)30-21-7-2-1-3-8-21/h1-4,6-9,18H,5,10-17,19H2,(H,24,26). The molecular weight excluding hydrogens is 416 g/mol. The van der Waals surface area contributed by atoms with Crippen LogP contribution in [0, 0.1) is 0 Å². The summed E-state index contributed by atoms with van der Waals surface area (Å²) in [5, 5.41) is 2.86. The van der Waals surface area contributed by atoms with Gasteiger partial charge >= 0.3 is 0 Å². The van der Waals surface area contributed by atoms with Crippen molar-refractivity contribution >= 4 is 15.7 Å². The molecule has 1 aliphatic rings. The maximum Gasteiger partial charge on any atom is 0.220 e. The van der Waals surface area contributed by atoms with Crippen LogP contribution in [0.2, 0.25) is 0 Å². The van der Waals surface area contributed by atoms with Gasteiger partial charge in [0.1, 0.15) is 11.5 Å². The van der Waals surface area contributed by atoms with Crippen molar-refractivity contribution in [2.75, 3.05) is 45.1 Å².